The quantitative estimate of drug-likeness (QED) is 0.839. The summed E-state index contributed by atoms with van der Waals surface area (Å²) >= 11 is 0. The summed E-state index contributed by atoms with van der Waals surface area (Å²) in [4.78, 5) is 10.7. The van der Waals surface area contributed by atoms with Gasteiger partial charge in [-0.2, -0.15) is 0 Å². The van der Waals surface area contributed by atoms with E-state index in [0.29, 0.717) is 6.42 Å². The number of ether oxygens (including phenoxy) is 1. The fraction of sp³-hybridized carbons (Fsp3) is 0.562. The van der Waals surface area contributed by atoms with Crippen molar-refractivity contribution in [1.29, 1.82) is 0 Å². The lowest BCUT2D eigenvalue weighted by atomic mass is 9.87. The summed E-state index contributed by atoms with van der Waals surface area (Å²) < 4.78 is 5.33. The Morgan fingerprint density at radius 3 is 2.55 bits per heavy atom. The van der Waals surface area contributed by atoms with Gasteiger partial charge in [0.1, 0.15) is 5.75 Å². The van der Waals surface area contributed by atoms with E-state index >= 15 is 0 Å². The molecule has 1 atom stereocenters. The molecule has 0 amide bonds. The second-order valence-corrected chi connectivity index (χ2v) is 6.35. The molecule has 112 valence electrons. The Balaban J connectivity index is 2.96. The van der Waals surface area contributed by atoms with Gasteiger partial charge in [0.2, 0.25) is 0 Å². The molecule has 0 heterocycles. The molecule has 0 aliphatic rings. The molecule has 0 aliphatic heterocycles. The van der Waals surface area contributed by atoms with E-state index in [0.717, 1.165) is 17.7 Å². The molecule has 0 saturated carbocycles. The largest absolute Gasteiger partial charge is 0.496 e. The van der Waals surface area contributed by atoms with Crippen LogP contribution in [-0.4, -0.2) is 18.2 Å². The lowest BCUT2D eigenvalue weighted by Crippen LogP contribution is -2.15. The van der Waals surface area contributed by atoms with Gasteiger partial charge in [0.25, 0.3) is 0 Å². The van der Waals surface area contributed by atoms with Gasteiger partial charge in [0.15, 0.2) is 0 Å². The van der Waals surface area contributed by atoms with Gasteiger partial charge in [-0.15, -0.1) is 0 Å². The van der Waals surface area contributed by atoms with Crippen LogP contribution in [0.5, 0.6) is 5.75 Å². The molecule has 0 fully saturated rings. The standard InChI is InChI=1S/C16H25NO3/c1-16(2,3)10-11-5-7-14(20-4)12(9-11)13(17)6-8-15(18)19/h5,7,9,13H,6,8,10,17H2,1-4H3,(H,18,19). The highest BCUT2D eigenvalue weighted by Crippen LogP contribution is 2.30. The molecule has 0 saturated heterocycles. The number of hydrogen-bond acceptors (Lipinski definition) is 3. The average molecular weight is 279 g/mol. The lowest BCUT2D eigenvalue weighted by Gasteiger charge is -2.21. The van der Waals surface area contributed by atoms with Crippen LogP contribution in [0.25, 0.3) is 0 Å². The molecule has 1 aromatic rings. The van der Waals surface area contributed by atoms with E-state index in [1.807, 2.05) is 18.2 Å². The summed E-state index contributed by atoms with van der Waals surface area (Å²) in [6.07, 6.45) is 1.41. The molecule has 1 aromatic carbocycles. The third kappa shape index (κ3) is 5.21. The predicted octanol–water partition coefficient (Wildman–Crippen LogP) is 3.15. The second-order valence-electron chi connectivity index (χ2n) is 6.35. The summed E-state index contributed by atoms with van der Waals surface area (Å²) in [5.74, 6) is -0.106. The third-order valence-corrected chi connectivity index (χ3v) is 3.10. The zero-order valence-electron chi connectivity index (χ0n) is 12.8. The number of benzene rings is 1. The molecular formula is C16H25NO3. The number of methoxy groups -OCH3 is 1. The first-order valence-corrected chi connectivity index (χ1v) is 6.87. The summed E-state index contributed by atoms with van der Waals surface area (Å²) in [5.41, 5.74) is 8.38. The molecule has 3 N–H and O–H groups in total. The molecule has 0 aliphatic carbocycles. The first kappa shape index (κ1) is 16.5. The Morgan fingerprint density at radius 2 is 2.05 bits per heavy atom. The molecule has 1 unspecified atom stereocenters. The van der Waals surface area contributed by atoms with Crippen LogP contribution in [0.4, 0.5) is 0 Å². The van der Waals surface area contributed by atoms with Crippen LogP contribution < -0.4 is 10.5 Å². The van der Waals surface area contributed by atoms with E-state index in [4.69, 9.17) is 15.6 Å². The Bertz CT molecular complexity index is 463. The molecular weight excluding hydrogens is 254 g/mol. The van der Waals surface area contributed by atoms with Crippen molar-refractivity contribution in [2.75, 3.05) is 7.11 Å². The van der Waals surface area contributed by atoms with Crippen LogP contribution in [-0.2, 0) is 11.2 Å². The van der Waals surface area contributed by atoms with E-state index in [2.05, 4.69) is 20.8 Å². The fourth-order valence-electron chi connectivity index (χ4n) is 2.23. The highest BCUT2D eigenvalue weighted by Gasteiger charge is 2.17. The maximum atomic E-state index is 10.7. The average Bonchev–Trinajstić information content (AvgIpc) is 2.33. The first-order valence-electron chi connectivity index (χ1n) is 6.87. The van der Waals surface area contributed by atoms with Crippen molar-refractivity contribution in [2.45, 2.75) is 46.1 Å². The number of rotatable bonds is 6. The van der Waals surface area contributed by atoms with Crippen molar-refractivity contribution >= 4 is 5.97 Å². The zero-order chi connectivity index (χ0) is 15.3. The number of carboxylic acid groups (broad SMARTS) is 1. The molecule has 4 nitrogen and oxygen atoms in total. The van der Waals surface area contributed by atoms with E-state index in [1.165, 1.54) is 5.56 Å². The van der Waals surface area contributed by atoms with Crippen LogP contribution in [0, 0.1) is 5.41 Å². The van der Waals surface area contributed by atoms with E-state index in [1.54, 1.807) is 7.11 Å². The Labute approximate surface area is 120 Å². The van der Waals surface area contributed by atoms with Gasteiger partial charge < -0.3 is 15.6 Å². The Kier molecular flexibility index (Phi) is 5.57. The molecule has 0 spiro atoms. The first-order chi connectivity index (χ1) is 9.23. The highest BCUT2D eigenvalue weighted by atomic mass is 16.5. The molecule has 0 bridgehead atoms. The van der Waals surface area contributed by atoms with Crippen LogP contribution >= 0.6 is 0 Å². The van der Waals surface area contributed by atoms with Crippen LogP contribution in [0.1, 0.15) is 50.8 Å². The van der Waals surface area contributed by atoms with Gasteiger partial charge in [-0.05, 0) is 29.9 Å². The molecule has 4 heteroatoms. The maximum Gasteiger partial charge on any atom is 0.303 e. The molecule has 0 radical (unpaired) electrons. The van der Waals surface area contributed by atoms with Gasteiger partial charge in [-0.1, -0.05) is 32.9 Å². The van der Waals surface area contributed by atoms with Crippen LogP contribution in [0.15, 0.2) is 18.2 Å². The normalized spacial score (nSPS) is 13.1. The topological polar surface area (TPSA) is 72.5 Å². The van der Waals surface area contributed by atoms with Gasteiger partial charge >= 0.3 is 5.97 Å². The lowest BCUT2D eigenvalue weighted by molar-refractivity contribution is -0.137. The van der Waals surface area contributed by atoms with Crippen LogP contribution in [0.3, 0.4) is 0 Å². The number of aliphatic carboxylic acids is 1. The zero-order valence-corrected chi connectivity index (χ0v) is 12.8. The second kappa shape index (κ2) is 6.75. The van der Waals surface area contributed by atoms with Crippen molar-refractivity contribution in [1.82, 2.24) is 0 Å². The number of carboxylic acids is 1. The monoisotopic (exact) mass is 279 g/mol. The van der Waals surface area contributed by atoms with Crippen molar-refractivity contribution in [3.8, 4) is 5.75 Å². The van der Waals surface area contributed by atoms with Gasteiger partial charge in [0.05, 0.1) is 7.11 Å². The summed E-state index contributed by atoms with van der Waals surface area (Å²) in [6.45, 7) is 6.55. The predicted molar refractivity (Wildman–Crippen MR) is 80.0 cm³/mol. The van der Waals surface area contributed by atoms with Crippen molar-refractivity contribution in [3.63, 3.8) is 0 Å². The van der Waals surface area contributed by atoms with Crippen LogP contribution in [0.2, 0.25) is 0 Å². The number of hydrogen-bond donors (Lipinski definition) is 2. The summed E-state index contributed by atoms with van der Waals surface area (Å²) in [5, 5.41) is 8.76. The SMILES string of the molecule is COc1ccc(CC(C)(C)C)cc1C(N)CCC(=O)O. The maximum absolute atomic E-state index is 10.7. The molecule has 1 rings (SSSR count). The summed E-state index contributed by atoms with van der Waals surface area (Å²) in [6, 6.07) is 5.67. The number of carbonyl (C=O) groups is 1. The minimum atomic E-state index is -0.828. The smallest absolute Gasteiger partial charge is 0.303 e. The fourth-order valence-corrected chi connectivity index (χ4v) is 2.23. The minimum absolute atomic E-state index is 0.0633. The molecule has 20 heavy (non-hydrogen) atoms. The van der Waals surface area contributed by atoms with E-state index < -0.39 is 5.97 Å². The van der Waals surface area contributed by atoms with Crippen molar-refractivity contribution in [3.05, 3.63) is 29.3 Å². The Hall–Kier alpha value is -1.55. The third-order valence-electron chi connectivity index (χ3n) is 3.10. The van der Waals surface area contributed by atoms with Gasteiger partial charge in [-0.25, -0.2) is 0 Å². The Morgan fingerprint density at radius 1 is 1.40 bits per heavy atom. The highest BCUT2D eigenvalue weighted by molar-refractivity contribution is 5.66. The minimum Gasteiger partial charge on any atom is -0.496 e. The van der Waals surface area contributed by atoms with E-state index in [9.17, 15) is 4.79 Å². The molecule has 0 aromatic heterocycles. The summed E-state index contributed by atoms with van der Waals surface area (Å²) in [7, 11) is 1.60. The van der Waals surface area contributed by atoms with Crippen molar-refractivity contribution in [2.24, 2.45) is 11.1 Å². The van der Waals surface area contributed by atoms with Gasteiger partial charge in [-0.3, -0.25) is 4.79 Å². The van der Waals surface area contributed by atoms with Crippen molar-refractivity contribution < 1.29 is 14.6 Å². The van der Waals surface area contributed by atoms with E-state index in [-0.39, 0.29) is 17.9 Å². The number of nitrogens with two attached hydrogens (primary N) is 1. The van der Waals surface area contributed by atoms with Gasteiger partial charge in [0, 0.05) is 18.0 Å².